The van der Waals surface area contributed by atoms with Crippen LogP contribution in [-0.4, -0.2) is 29.9 Å². The van der Waals surface area contributed by atoms with Gasteiger partial charge in [0.15, 0.2) is 0 Å². The molecule has 0 saturated carbocycles. The smallest absolute Gasteiger partial charge is 0.254 e. The van der Waals surface area contributed by atoms with Crippen LogP contribution < -0.4 is 5.73 Å². The summed E-state index contributed by atoms with van der Waals surface area (Å²) in [6.45, 7) is 3.51. The third-order valence-electron chi connectivity index (χ3n) is 3.01. The number of carbonyl (C=O) groups excluding carboxylic acids is 1. The first kappa shape index (κ1) is 11.1. The Hall–Kier alpha value is -1.35. The average molecular weight is 217 g/mol. The molecular formula is C13H17N2O. The highest BCUT2D eigenvalue weighted by Crippen LogP contribution is 2.13. The average Bonchev–Trinajstić information content (AvgIpc) is 2.29. The standard InChI is InChI=1S/C13H17N2O/c1-10-3-2-4-11(9-10)13(16)15-7-5-12(14)6-8-15/h2-3,9,12H,5-8,14H2,1H3. The summed E-state index contributed by atoms with van der Waals surface area (Å²) >= 11 is 0. The van der Waals surface area contributed by atoms with Gasteiger partial charge in [0.2, 0.25) is 0 Å². The maximum Gasteiger partial charge on any atom is 0.254 e. The summed E-state index contributed by atoms with van der Waals surface area (Å²) in [4.78, 5) is 14.0. The number of hydrogen-bond acceptors (Lipinski definition) is 2. The van der Waals surface area contributed by atoms with E-state index in [1.54, 1.807) is 6.07 Å². The zero-order chi connectivity index (χ0) is 11.5. The summed E-state index contributed by atoms with van der Waals surface area (Å²) in [6.07, 6.45) is 1.80. The highest BCUT2D eigenvalue weighted by molar-refractivity contribution is 5.94. The molecule has 85 valence electrons. The van der Waals surface area contributed by atoms with Crippen LogP contribution in [0, 0.1) is 13.0 Å². The number of hydrogen-bond donors (Lipinski definition) is 1. The second kappa shape index (κ2) is 4.66. The van der Waals surface area contributed by atoms with Crippen molar-refractivity contribution in [2.45, 2.75) is 25.8 Å². The predicted molar refractivity (Wildman–Crippen MR) is 63.1 cm³/mol. The van der Waals surface area contributed by atoms with Gasteiger partial charge >= 0.3 is 0 Å². The Labute approximate surface area is 96.2 Å². The molecule has 1 amide bonds. The number of carbonyl (C=O) groups is 1. The number of piperidine rings is 1. The molecule has 1 saturated heterocycles. The van der Waals surface area contributed by atoms with E-state index in [1.807, 2.05) is 24.0 Å². The maximum absolute atomic E-state index is 12.1. The van der Waals surface area contributed by atoms with Crippen molar-refractivity contribution < 1.29 is 4.79 Å². The molecule has 3 nitrogen and oxygen atoms in total. The van der Waals surface area contributed by atoms with Crippen LogP contribution >= 0.6 is 0 Å². The van der Waals surface area contributed by atoms with E-state index in [0.717, 1.165) is 31.5 Å². The van der Waals surface area contributed by atoms with Crippen molar-refractivity contribution in [1.29, 1.82) is 0 Å². The van der Waals surface area contributed by atoms with Crippen LogP contribution in [0.1, 0.15) is 28.8 Å². The molecule has 2 rings (SSSR count). The lowest BCUT2D eigenvalue weighted by molar-refractivity contribution is 0.0714. The summed E-state index contributed by atoms with van der Waals surface area (Å²) in [5.41, 5.74) is 7.57. The van der Waals surface area contributed by atoms with Crippen LogP contribution in [0.2, 0.25) is 0 Å². The minimum Gasteiger partial charge on any atom is -0.339 e. The first-order valence-corrected chi connectivity index (χ1v) is 5.70. The molecule has 1 heterocycles. The summed E-state index contributed by atoms with van der Waals surface area (Å²) in [5, 5.41) is 0. The van der Waals surface area contributed by atoms with Gasteiger partial charge in [-0.05, 0) is 31.9 Å². The highest BCUT2D eigenvalue weighted by Gasteiger charge is 2.21. The summed E-state index contributed by atoms with van der Waals surface area (Å²) < 4.78 is 0. The third kappa shape index (κ3) is 2.42. The van der Waals surface area contributed by atoms with Gasteiger partial charge in [0, 0.05) is 24.7 Å². The van der Waals surface area contributed by atoms with Crippen LogP contribution in [0.4, 0.5) is 0 Å². The fourth-order valence-corrected chi connectivity index (χ4v) is 1.98. The van der Waals surface area contributed by atoms with Gasteiger partial charge in [-0.1, -0.05) is 17.7 Å². The Morgan fingerprint density at radius 3 is 2.81 bits per heavy atom. The Bertz CT molecular complexity index is 381. The SMILES string of the molecule is Cc1cc[c]c(C(=O)N2CCC(N)CC2)c1. The molecule has 0 spiro atoms. The van der Waals surface area contributed by atoms with Crippen LogP contribution in [-0.2, 0) is 0 Å². The van der Waals surface area contributed by atoms with Gasteiger partial charge in [-0.15, -0.1) is 0 Å². The molecule has 1 radical (unpaired) electrons. The van der Waals surface area contributed by atoms with Gasteiger partial charge in [-0.3, -0.25) is 4.79 Å². The number of aryl methyl sites for hydroxylation is 1. The first-order chi connectivity index (χ1) is 7.66. The molecule has 2 N–H and O–H groups in total. The van der Waals surface area contributed by atoms with Gasteiger partial charge in [0.05, 0.1) is 0 Å². The molecule has 1 aromatic carbocycles. The number of amides is 1. The lowest BCUT2D eigenvalue weighted by atomic mass is 10.0. The number of nitrogens with two attached hydrogens (primary N) is 1. The number of likely N-dealkylation sites (tertiary alicyclic amines) is 1. The van der Waals surface area contributed by atoms with Crippen molar-refractivity contribution in [3.8, 4) is 0 Å². The van der Waals surface area contributed by atoms with Crippen molar-refractivity contribution in [1.82, 2.24) is 4.90 Å². The Balaban J connectivity index is 2.08. The van der Waals surface area contributed by atoms with Gasteiger partial charge in [-0.2, -0.15) is 0 Å². The van der Waals surface area contributed by atoms with Gasteiger partial charge in [-0.25, -0.2) is 0 Å². The minimum atomic E-state index is 0.0793. The van der Waals surface area contributed by atoms with Gasteiger partial charge < -0.3 is 10.6 Å². The second-order valence-corrected chi connectivity index (χ2v) is 4.41. The van der Waals surface area contributed by atoms with E-state index in [2.05, 4.69) is 6.07 Å². The molecule has 0 unspecified atom stereocenters. The summed E-state index contributed by atoms with van der Waals surface area (Å²) in [5.74, 6) is 0.0793. The van der Waals surface area contributed by atoms with Gasteiger partial charge in [0.1, 0.15) is 0 Å². The Morgan fingerprint density at radius 2 is 2.19 bits per heavy atom. The molecule has 1 aliphatic heterocycles. The van der Waals surface area contributed by atoms with Crippen molar-refractivity contribution in [3.05, 3.63) is 35.4 Å². The molecule has 3 heteroatoms. The van der Waals surface area contributed by atoms with Crippen LogP contribution in [0.25, 0.3) is 0 Å². The molecule has 0 bridgehead atoms. The summed E-state index contributed by atoms with van der Waals surface area (Å²) in [6, 6.07) is 8.89. The van der Waals surface area contributed by atoms with E-state index in [0.29, 0.717) is 5.56 Å². The zero-order valence-corrected chi connectivity index (χ0v) is 9.57. The van der Waals surface area contributed by atoms with Crippen LogP contribution in [0.5, 0.6) is 0 Å². The molecule has 1 aliphatic rings. The van der Waals surface area contributed by atoms with Crippen LogP contribution in [0.15, 0.2) is 18.2 Å². The number of nitrogens with zero attached hydrogens (tertiary/aromatic N) is 1. The molecule has 0 aromatic heterocycles. The van der Waals surface area contributed by atoms with E-state index >= 15 is 0 Å². The number of benzene rings is 1. The third-order valence-corrected chi connectivity index (χ3v) is 3.01. The lowest BCUT2D eigenvalue weighted by Gasteiger charge is -2.30. The van der Waals surface area contributed by atoms with Crippen molar-refractivity contribution in [2.75, 3.05) is 13.1 Å². The maximum atomic E-state index is 12.1. The molecular weight excluding hydrogens is 200 g/mol. The monoisotopic (exact) mass is 217 g/mol. The van der Waals surface area contributed by atoms with Crippen molar-refractivity contribution >= 4 is 5.91 Å². The van der Waals surface area contributed by atoms with E-state index in [4.69, 9.17) is 5.73 Å². The second-order valence-electron chi connectivity index (χ2n) is 4.41. The predicted octanol–water partition coefficient (Wildman–Crippen LogP) is 1.36. The van der Waals surface area contributed by atoms with Gasteiger partial charge in [0.25, 0.3) is 5.91 Å². The molecule has 0 atom stereocenters. The normalized spacial score (nSPS) is 17.5. The van der Waals surface area contributed by atoms with E-state index in [9.17, 15) is 4.79 Å². The Kier molecular flexibility index (Phi) is 3.25. The quantitative estimate of drug-likeness (QED) is 0.772. The van der Waals surface area contributed by atoms with E-state index < -0.39 is 0 Å². The van der Waals surface area contributed by atoms with E-state index in [1.165, 1.54) is 0 Å². The molecule has 1 aromatic rings. The zero-order valence-electron chi connectivity index (χ0n) is 9.57. The fourth-order valence-electron chi connectivity index (χ4n) is 1.98. The van der Waals surface area contributed by atoms with Crippen molar-refractivity contribution in [2.24, 2.45) is 5.73 Å². The fraction of sp³-hybridized carbons (Fsp3) is 0.462. The Morgan fingerprint density at radius 1 is 1.50 bits per heavy atom. The minimum absolute atomic E-state index is 0.0793. The largest absolute Gasteiger partial charge is 0.339 e. The van der Waals surface area contributed by atoms with E-state index in [-0.39, 0.29) is 11.9 Å². The first-order valence-electron chi connectivity index (χ1n) is 5.70. The molecule has 1 fully saturated rings. The summed E-state index contributed by atoms with van der Waals surface area (Å²) in [7, 11) is 0. The van der Waals surface area contributed by atoms with Crippen molar-refractivity contribution in [3.63, 3.8) is 0 Å². The molecule has 0 aliphatic carbocycles. The molecule has 16 heavy (non-hydrogen) atoms. The topological polar surface area (TPSA) is 46.3 Å². The van der Waals surface area contributed by atoms with Crippen LogP contribution in [0.3, 0.4) is 0 Å². The lowest BCUT2D eigenvalue weighted by Crippen LogP contribution is -2.42. The highest BCUT2D eigenvalue weighted by atomic mass is 16.2. The number of rotatable bonds is 1.